The number of nitrogens with one attached hydrogen (secondary N) is 2. The molecule has 3 N–H and O–H groups in total. The maximum Gasteiger partial charge on any atom is 0.262 e. The number of rotatable bonds is 12. The van der Waals surface area contributed by atoms with Crippen LogP contribution >= 0.6 is 0 Å². The van der Waals surface area contributed by atoms with Crippen LogP contribution in [0, 0.1) is 5.92 Å². The van der Waals surface area contributed by atoms with Gasteiger partial charge in [-0.3, -0.25) is 19.7 Å². The molecule has 1 aliphatic heterocycles. The van der Waals surface area contributed by atoms with Crippen LogP contribution in [0.1, 0.15) is 43.1 Å². The third kappa shape index (κ3) is 7.61. The Morgan fingerprint density at radius 3 is 2.24 bits per heavy atom. The molecule has 2 aromatic carbocycles. The molecule has 11 heteroatoms. The normalized spacial score (nSPS) is 15.4. The maximum atomic E-state index is 13.7. The van der Waals surface area contributed by atoms with Crippen LogP contribution in [0.5, 0.6) is 0 Å². The fourth-order valence-corrected chi connectivity index (χ4v) is 6.18. The average molecular weight is 547 g/mol. The lowest BCUT2D eigenvalue weighted by atomic mass is 10.0. The molecule has 0 bridgehead atoms. The third-order valence-electron chi connectivity index (χ3n) is 6.53. The Labute approximate surface area is 225 Å². The molecule has 1 heterocycles. The number of sulfonamides is 1. The van der Waals surface area contributed by atoms with Crippen molar-refractivity contribution in [1.29, 1.82) is 0 Å². The van der Waals surface area contributed by atoms with E-state index in [0.29, 0.717) is 44.1 Å². The van der Waals surface area contributed by atoms with E-state index in [-0.39, 0.29) is 17.3 Å². The highest BCUT2D eigenvalue weighted by atomic mass is 32.2. The summed E-state index contributed by atoms with van der Waals surface area (Å²) in [6.07, 6.45) is 1.97. The number of aryl methyl sites for hydroxylation is 1. The molecule has 1 saturated heterocycles. The van der Waals surface area contributed by atoms with Crippen molar-refractivity contribution in [1.82, 2.24) is 14.7 Å². The van der Waals surface area contributed by atoms with Gasteiger partial charge in [-0.2, -0.15) is 4.31 Å². The Balaban J connectivity index is 1.79. The number of anilines is 1. The lowest BCUT2D eigenvalue weighted by Gasteiger charge is -2.34. The van der Waals surface area contributed by atoms with Crippen LogP contribution < -0.4 is 10.8 Å². The largest absolute Gasteiger partial charge is 0.379 e. The van der Waals surface area contributed by atoms with Gasteiger partial charge >= 0.3 is 0 Å². The molecule has 0 spiro atoms. The Bertz CT molecular complexity index is 1160. The molecular weight excluding hydrogens is 508 g/mol. The topological polar surface area (TPSA) is 128 Å². The van der Waals surface area contributed by atoms with Crippen LogP contribution in [0.2, 0.25) is 0 Å². The fourth-order valence-electron chi connectivity index (χ4n) is 4.47. The summed E-state index contributed by atoms with van der Waals surface area (Å²) in [4.78, 5) is 27.3. The van der Waals surface area contributed by atoms with Crippen LogP contribution in [-0.2, 0) is 26.0 Å². The molecule has 1 atom stereocenters. The molecule has 0 aromatic heterocycles. The van der Waals surface area contributed by atoms with Gasteiger partial charge in [0.15, 0.2) is 0 Å². The molecule has 1 aliphatic rings. The minimum Gasteiger partial charge on any atom is -0.379 e. The highest BCUT2D eigenvalue weighted by Gasteiger charge is 2.38. The molecule has 38 heavy (non-hydrogen) atoms. The first-order valence-corrected chi connectivity index (χ1v) is 14.4. The van der Waals surface area contributed by atoms with Crippen LogP contribution in [-0.4, -0.2) is 80.1 Å². The van der Waals surface area contributed by atoms with E-state index >= 15 is 0 Å². The van der Waals surface area contributed by atoms with Crippen molar-refractivity contribution in [2.24, 2.45) is 5.92 Å². The summed E-state index contributed by atoms with van der Waals surface area (Å²) in [7, 11) is -4.12. The highest BCUT2D eigenvalue weighted by Crippen LogP contribution is 2.24. The molecule has 2 amide bonds. The van der Waals surface area contributed by atoms with Crippen molar-refractivity contribution >= 4 is 27.5 Å². The summed E-state index contributed by atoms with van der Waals surface area (Å²) in [6.45, 7) is 8.49. The van der Waals surface area contributed by atoms with Gasteiger partial charge in [0, 0.05) is 37.4 Å². The summed E-state index contributed by atoms with van der Waals surface area (Å²) in [5, 5.41) is 12.1. The summed E-state index contributed by atoms with van der Waals surface area (Å²) in [5.41, 5.74) is 3.73. The lowest BCUT2D eigenvalue weighted by molar-refractivity contribution is -0.134. The molecule has 2 aromatic rings. The Kier molecular flexibility index (Phi) is 10.8. The highest BCUT2D eigenvalue weighted by molar-refractivity contribution is 7.89. The van der Waals surface area contributed by atoms with E-state index in [1.54, 1.807) is 31.5 Å². The molecule has 3 rings (SSSR count). The number of hydrogen-bond acceptors (Lipinski definition) is 7. The van der Waals surface area contributed by atoms with E-state index in [4.69, 9.17) is 4.74 Å². The number of carbonyl (C=O) groups excluding carboxylic acids is 2. The molecule has 1 fully saturated rings. The number of morpholine rings is 1. The van der Waals surface area contributed by atoms with E-state index in [0.717, 1.165) is 22.7 Å². The third-order valence-corrected chi connectivity index (χ3v) is 8.43. The Morgan fingerprint density at radius 1 is 1.05 bits per heavy atom. The zero-order chi connectivity index (χ0) is 27.7. The van der Waals surface area contributed by atoms with E-state index in [9.17, 15) is 23.2 Å². The van der Waals surface area contributed by atoms with Crippen molar-refractivity contribution in [2.45, 2.75) is 44.6 Å². The zero-order valence-electron chi connectivity index (χ0n) is 22.2. The molecule has 0 radical (unpaired) electrons. The first-order chi connectivity index (χ1) is 18.2. The maximum absolute atomic E-state index is 13.7. The van der Waals surface area contributed by atoms with Crippen LogP contribution in [0.15, 0.2) is 53.4 Å². The predicted octanol–water partition coefficient (Wildman–Crippen LogP) is 2.74. The minimum absolute atomic E-state index is 0.0159. The predicted molar refractivity (Wildman–Crippen MR) is 145 cm³/mol. The van der Waals surface area contributed by atoms with Crippen LogP contribution in [0.3, 0.4) is 0 Å². The monoisotopic (exact) mass is 546 g/mol. The standard InChI is InChI=1S/C27H38N4O6S/c1-4-5-21-6-8-22(9-7-21)26(32)28-23-10-12-24(13-11-23)38(35,36)31(25(20(2)3)27(33)29-34)15-14-30-16-18-37-19-17-30/h6-13,20,25,34H,4-5,14-19H2,1-3H3,(H,28,32)(H,29,33)/t25-/m1/s1. The summed E-state index contributed by atoms with van der Waals surface area (Å²) >= 11 is 0. The molecular formula is C27H38N4O6S. The zero-order valence-corrected chi connectivity index (χ0v) is 23.0. The lowest BCUT2D eigenvalue weighted by Crippen LogP contribution is -2.54. The van der Waals surface area contributed by atoms with Crippen LogP contribution in [0.25, 0.3) is 0 Å². The second kappa shape index (κ2) is 13.8. The number of hydrogen-bond donors (Lipinski definition) is 3. The van der Waals surface area contributed by atoms with Gasteiger partial charge < -0.3 is 10.1 Å². The number of amides is 2. The first-order valence-electron chi connectivity index (χ1n) is 12.9. The molecule has 0 saturated carbocycles. The number of nitrogens with zero attached hydrogens (tertiary/aromatic N) is 2. The van der Waals surface area contributed by atoms with Gasteiger partial charge in [-0.15, -0.1) is 0 Å². The van der Waals surface area contributed by atoms with Gasteiger partial charge in [0.05, 0.1) is 18.1 Å². The number of carbonyl (C=O) groups is 2. The smallest absolute Gasteiger partial charge is 0.262 e. The Hall–Kier alpha value is -2.83. The van der Waals surface area contributed by atoms with E-state index in [1.807, 2.05) is 12.1 Å². The number of benzene rings is 2. The second-order valence-corrected chi connectivity index (χ2v) is 11.6. The van der Waals surface area contributed by atoms with Gasteiger partial charge in [0.25, 0.3) is 11.8 Å². The molecule has 10 nitrogen and oxygen atoms in total. The van der Waals surface area contributed by atoms with E-state index in [2.05, 4.69) is 17.1 Å². The van der Waals surface area contributed by atoms with Crippen molar-refractivity contribution in [3.8, 4) is 0 Å². The van der Waals surface area contributed by atoms with Gasteiger partial charge in [-0.25, -0.2) is 13.9 Å². The molecule has 0 aliphatic carbocycles. The van der Waals surface area contributed by atoms with Gasteiger partial charge in [0.1, 0.15) is 6.04 Å². The summed E-state index contributed by atoms with van der Waals surface area (Å²) in [6, 6.07) is 12.1. The minimum atomic E-state index is -4.12. The van der Waals surface area contributed by atoms with Gasteiger partial charge in [-0.05, 0) is 54.3 Å². The fraction of sp³-hybridized carbons (Fsp3) is 0.481. The SMILES string of the molecule is CCCc1ccc(C(=O)Nc2ccc(S(=O)(=O)N(CCN3CCOCC3)[C@@H](C(=O)NO)C(C)C)cc2)cc1. The second-order valence-electron chi connectivity index (χ2n) is 9.66. The van der Waals surface area contributed by atoms with Crippen molar-refractivity contribution in [3.05, 3.63) is 59.7 Å². The molecule has 0 unspecified atom stereocenters. The van der Waals surface area contributed by atoms with Gasteiger partial charge in [-0.1, -0.05) is 39.3 Å². The van der Waals surface area contributed by atoms with Gasteiger partial charge in [0.2, 0.25) is 10.0 Å². The summed E-state index contributed by atoms with van der Waals surface area (Å²) in [5.74, 6) is -1.49. The number of ether oxygens (including phenoxy) is 1. The first kappa shape index (κ1) is 29.7. The van der Waals surface area contributed by atoms with Crippen molar-refractivity contribution in [3.63, 3.8) is 0 Å². The van der Waals surface area contributed by atoms with Crippen molar-refractivity contribution in [2.75, 3.05) is 44.7 Å². The van der Waals surface area contributed by atoms with E-state index < -0.39 is 27.9 Å². The average Bonchev–Trinajstić information content (AvgIpc) is 2.91. The molecule has 208 valence electrons. The van der Waals surface area contributed by atoms with Crippen molar-refractivity contribution < 1.29 is 28.0 Å². The summed E-state index contributed by atoms with van der Waals surface area (Å²) < 4.78 is 34.0. The van der Waals surface area contributed by atoms with E-state index in [1.165, 1.54) is 24.3 Å². The quantitative estimate of drug-likeness (QED) is 0.276. The number of hydroxylamine groups is 1. The Morgan fingerprint density at radius 2 is 1.68 bits per heavy atom. The van der Waals surface area contributed by atoms with Crippen LogP contribution in [0.4, 0.5) is 5.69 Å².